The van der Waals surface area contributed by atoms with Crippen LogP contribution < -0.4 is 10.1 Å². The SMILES string of the molecule is O=C(COCc1ccccc1)Nc1cccc(OC(F)(F)F)c1. The third-order valence-electron chi connectivity index (χ3n) is 2.70. The predicted molar refractivity (Wildman–Crippen MR) is 77.9 cm³/mol. The van der Waals surface area contributed by atoms with Gasteiger partial charge >= 0.3 is 6.36 Å². The normalized spacial score (nSPS) is 11.1. The van der Waals surface area contributed by atoms with Crippen LogP contribution in [0.1, 0.15) is 5.56 Å². The zero-order chi connectivity index (χ0) is 16.7. The minimum atomic E-state index is -4.78. The molecule has 2 aromatic rings. The molecule has 0 bridgehead atoms. The first-order valence-electron chi connectivity index (χ1n) is 6.70. The number of carbonyl (C=O) groups excluding carboxylic acids is 1. The Kier molecular flexibility index (Phi) is 5.59. The monoisotopic (exact) mass is 325 g/mol. The fourth-order valence-electron chi connectivity index (χ4n) is 1.80. The summed E-state index contributed by atoms with van der Waals surface area (Å²) in [6.45, 7) is 0.0603. The number of alkyl halides is 3. The molecule has 1 amide bonds. The van der Waals surface area contributed by atoms with Crippen LogP contribution >= 0.6 is 0 Å². The van der Waals surface area contributed by atoms with Crippen LogP contribution in [0.5, 0.6) is 5.75 Å². The van der Waals surface area contributed by atoms with Crippen LogP contribution in [0, 0.1) is 0 Å². The predicted octanol–water partition coefficient (Wildman–Crippen LogP) is 3.74. The van der Waals surface area contributed by atoms with Crippen molar-refractivity contribution in [2.75, 3.05) is 11.9 Å². The van der Waals surface area contributed by atoms with Crippen LogP contribution in [-0.2, 0) is 16.1 Å². The largest absolute Gasteiger partial charge is 0.573 e. The Balaban J connectivity index is 1.82. The molecule has 1 N–H and O–H groups in total. The maximum Gasteiger partial charge on any atom is 0.573 e. The first-order valence-corrected chi connectivity index (χ1v) is 6.70. The van der Waals surface area contributed by atoms with Crippen molar-refractivity contribution in [1.29, 1.82) is 0 Å². The van der Waals surface area contributed by atoms with Crippen molar-refractivity contribution < 1.29 is 27.4 Å². The Morgan fingerprint density at radius 2 is 1.78 bits per heavy atom. The minimum Gasteiger partial charge on any atom is -0.406 e. The lowest BCUT2D eigenvalue weighted by Gasteiger charge is -2.11. The first kappa shape index (κ1) is 16.8. The van der Waals surface area contributed by atoms with Gasteiger partial charge in [0, 0.05) is 11.8 Å². The smallest absolute Gasteiger partial charge is 0.406 e. The van der Waals surface area contributed by atoms with Crippen LogP contribution in [0.25, 0.3) is 0 Å². The summed E-state index contributed by atoms with van der Waals surface area (Å²) in [4.78, 5) is 11.7. The highest BCUT2D eigenvalue weighted by atomic mass is 19.4. The van der Waals surface area contributed by atoms with Crippen molar-refractivity contribution in [3.8, 4) is 5.75 Å². The Morgan fingerprint density at radius 3 is 2.48 bits per heavy atom. The molecule has 0 aliphatic heterocycles. The molecule has 0 aliphatic rings. The molecule has 23 heavy (non-hydrogen) atoms. The lowest BCUT2D eigenvalue weighted by Crippen LogP contribution is -2.19. The van der Waals surface area contributed by atoms with E-state index in [1.54, 1.807) is 0 Å². The van der Waals surface area contributed by atoms with E-state index in [0.29, 0.717) is 0 Å². The highest BCUT2D eigenvalue weighted by Gasteiger charge is 2.31. The number of benzene rings is 2. The van der Waals surface area contributed by atoms with Gasteiger partial charge in [0.25, 0.3) is 0 Å². The van der Waals surface area contributed by atoms with Gasteiger partial charge in [-0.15, -0.1) is 13.2 Å². The van der Waals surface area contributed by atoms with Crippen LogP contribution in [0.3, 0.4) is 0 Å². The number of anilines is 1. The van der Waals surface area contributed by atoms with Gasteiger partial charge in [-0.1, -0.05) is 36.4 Å². The van der Waals surface area contributed by atoms with Crippen molar-refractivity contribution in [2.45, 2.75) is 13.0 Å². The molecular formula is C16H14F3NO3. The van der Waals surface area contributed by atoms with Crippen molar-refractivity contribution in [1.82, 2.24) is 0 Å². The lowest BCUT2D eigenvalue weighted by molar-refractivity contribution is -0.274. The summed E-state index contributed by atoms with van der Waals surface area (Å²) in [6.07, 6.45) is -4.78. The minimum absolute atomic E-state index is 0.195. The zero-order valence-electron chi connectivity index (χ0n) is 12.0. The van der Waals surface area contributed by atoms with Gasteiger partial charge in [0.05, 0.1) is 6.61 Å². The van der Waals surface area contributed by atoms with E-state index in [0.717, 1.165) is 17.7 Å². The average molecular weight is 325 g/mol. The summed E-state index contributed by atoms with van der Waals surface area (Å²) in [7, 11) is 0. The van der Waals surface area contributed by atoms with Gasteiger partial charge in [0.15, 0.2) is 0 Å². The van der Waals surface area contributed by atoms with Crippen LogP contribution in [0.2, 0.25) is 0 Å². The summed E-state index contributed by atoms with van der Waals surface area (Å²) >= 11 is 0. The summed E-state index contributed by atoms with van der Waals surface area (Å²) in [5.74, 6) is -0.870. The molecule has 2 aromatic carbocycles. The highest BCUT2D eigenvalue weighted by Crippen LogP contribution is 2.24. The van der Waals surface area contributed by atoms with E-state index in [-0.39, 0.29) is 18.9 Å². The van der Waals surface area contributed by atoms with E-state index in [9.17, 15) is 18.0 Å². The second-order valence-electron chi connectivity index (χ2n) is 4.60. The van der Waals surface area contributed by atoms with Gasteiger partial charge in [0.1, 0.15) is 12.4 Å². The molecule has 4 nitrogen and oxygen atoms in total. The molecular weight excluding hydrogens is 311 g/mol. The summed E-state index contributed by atoms with van der Waals surface area (Å²) < 4.78 is 45.4. The molecule has 122 valence electrons. The lowest BCUT2D eigenvalue weighted by atomic mass is 10.2. The Labute approximate surface area is 130 Å². The van der Waals surface area contributed by atoms with Gasteiger partial charge < -0.3 is 14.8 Å². The molecule has 0 saturated heterocycles. The number of halogens is 3. The molecule has 0 heterocycles. The third-order valence-corrected chi connectivity index (χ3v) is 2.70. The number of hydrogen-bond acceptors (Lipinski definition) is 3. The number of rotatable bonds is 6. The van der Waals surface area contributed by atoms with E-state index in [1.807, 2.05) is 30.3 Å². The maximum atomic E-state index is 12.1. The van der Waals surface area contributed by atoms with Gasteiger partial charge in [0.2, 0.25) is 5.91 Å². The van der Waals surface area contributed by atoms with Gasteiger partial charge in [-0.05, 0) is 17.7 Å². The molecule has 0 aromatic heterocycles. The fraction of sp³-hybridized carbons (Fsp3) is 0.188. The van der Waals surface area contributed by atoms with Crippen molar-refractivity contribution in [2.24, 2.45) is 0 Å². The van der Waals surface area contributed by atoms with Crippen LogP contribution in [-0.4, -0.2) is 18.9 Å². The molecule has 7 heteroatoms. The molecule has 0 unspecified atom stereocenters. The van der Waals surface area contributed by atoms with E-state index >= 15 is 0 Å². The van der Waals surface area contributed by atoms with Crippen LogP contribution in [0.15, 0.2) is 54.6 Å². The highest BCUT2D eigenvalue weighted by molar-refractivity contribution is 5.91. The number of carbonyl (C=O) groups is 1. The molecule has 0 atom stereocenters. The first-order chi connectivity index (χ1) is 10.9. The van der Waals surface area contributed by atoms with Crippen molar-refractivity contribution >= 4 is 11.6 Å². The summed E-state index contributed by atoms with van der Waals surface area (Å²) in [5.41, 5.74) is 1.11. The summed E-state index contributed by atoms with van der Waals surface area (Å²) in [6, 6.07) is 14.3. The van der Waals surface area contributed by atoms with E-state index < -0.39 is 18.0 Å². The van der Waals surface area contributed by atoms with Crippen molar-refractivity contribution in [3.63, 3.8) is 0 Å². The van der Waals surface area contributed by atoms with Crippen LogP contribution in [0.4, 0.5) is 18.9 Å². The topological polar surface area (TPSA) is 47.6 Å². The molecule has 0 aliphatic carbocycles. The number of nitrogens with one attached hydrogen (secondary N) is 1. The molecule has 2 rings (SSSR count). The molecule has 0 fully saturated rings. The van der Waals surface area contributed by atoms with Gasteiger partial charge in [-0.3, -0.25) is 4.79 Å². The molecule has 0 radical (unpaired) electrons. The van der Waals surface area contributed by atoms with E-state index in [1.165, 1.54) is 12.1 Å². The van der Waals surface area contributed by atoms with E-state index in [4.69, 9.17) is 4.74 Å². The molecule has 0 saturated carbocycles. The Bertz CT molecular complexity index is 645. The number of amides is 1. The Morgan fingerprint density at radius 1 is 1.04 bits per heavy atom. The zero-order valence-corrected chi connectivity index (χ0v) is 12.0. The number of ether oxygens (including phenoxy) is 2. The summed E-state index contributed by atoms with van der Waals surface area (Å²) in [5, 5.41) is 2.44. The second-order valence-corrected chi connectivity index (χ2v) is 4.60. The fourth-order valence-corrected chi connectivity index (χ4v) is 1.80. The van der Waals surface area contributed by atoms with Gasteiger partial charge in [-0.2, -0.15) is 0 Å². The number of hydrogen-bond donors (Lipinski definition) is 1. The maximum absolute atomic E-state index is 12.1. The Hall–Kier alpha value is -2.54. The third kappa shape index (κ3) is 6.39. The van der Waals surface area contributed by atoms with E-state index in [2.05, 4.69) is 10.1 Å². The second kappa shape index (κ2) is 7.64. The molecule has 0 spiro atoms. The van der Waals surface area contributed by atoms with Crippen molar-refractivity contribution in [3.05, 3.63) is 60.2 Å². The standard InChI is InChI=1S/C16H14F3NO3/c17-16(18,19)23-14-8-4-7-13(9-14)20-15(21)11-22-10-12-5-2-1-3-6-12/h1-9H,10-11H2,(H,20,21). The average Bonchev–Trinajstić information content (AvgIpc) is 2.47. The quantitative estimate of drug-likeness (QED) is 0.880. The van der Waals surface area contributed by atoms with Gasteiger partial charge in [-0.25, -0.2) is 0 Å².